The summed E-state index contributed by atoms with van der Waals surface area (Å²) in [5.74, 6) is -0.534. The van der Waals surface area contributed by atoms with Gasteiger partial charge in [-0.1, -0.05) is 29.3 Å². The van der Waals surface area contributed by atoms with Crippen molar-refractivity contribution in [1.29, 1.82) is 0 Å². The summed E-state index contributed by atoms with van der Waals surface area (Å²) in [6.45, 7) is 3.51. The first-order valence-electron chi connectivity index (χ1n) is 7.39. The number of esters is 1. The van der Waals surface area contributed by atoms with Crippen LogP contribution in [0.1, 0.15) is 22.8 Å². The van der Waals surface area contributed by atoms with Crippen molar-refractivity contribution in [3.8, 4) is 0 Å². The first kappa shape index (κ1) is 19.6. The molecule has 0 unspecified atom stereocenters. The Morgan fingerprint density at radius 1 is 1.20 bits per heavy atom. The topological polar surface area (TPSA) is 63.7 Å². The molecule has 2 rings (SSSR count). The van der Waals surface area contributed by atoms with Gasteiger partial charge < -0.3 is 4.74 Å². The highest BCUT2D eigenvalue weighted by atomic mass is 35.5. The molecule has 0 aliphatic carbocycles. The molecular formula is C17H17Cl2NO4S. The van der Waals surface area contributed by atoms with Crippen LogP contribution in [-0.2, 0) is 14.8 Å². The molecule has 2 aromatic carbocycles. The maximum absolute atomic E-state index is 13.1. The van der Waals surface area contributed by atoms with E-state index in [1.807, 2.05) is 0 Å². The number of methoxy groups -OCH3 is 1. The number of benzene rings is 2. The van der Waals surface area contributed by atoms with Gasteiger partial charge in [-0.3, -0.25) is 4.31 Å². The summed E-state index contributed by atoms with van der Waals surface area (Å²) in [6, 6.07) is 9.07. The van der Waals surface area contributed by atoms with Crippen molar-refractivity contribution in [2.45, 2.75) is 18.7 Å². The SMILES string of the molecule is CCN(c1cccc(C(=O)OC)c1C)S(=O)(=O)c1cc(Cl)ccc1Cl. The molecule has 0 aromatic heterocycles. The van der Waals surface area contributed by atoms with E-state index in [9.17, 15) is 13.2 Å². The molecule has 0 N–H and O–H groups in total. The Labute approximate surface area is 157 Å². The van der Waals surface area contributed by atoms with Crippen LogP contribution in [0.4, 0.5) is 5.69 Å². The number of hydrogen-bond acceptors (Lipinski definition) is 4. The van der Waals surface area contributed by atoms with E-state index >= 15 is 0 Å². The molecule has 5 nitrogen and oxygen atoms in total. The molecule has 0 amide bonds. The third-order valence-electron chi connectivity index (χ3n) is 3.73. The van der Waals surface area contributed by atoms with Gasteiger partial charge in [0, 0.05) is 11.6 Å². The van der Waals surface area contributed by atoms with Gasteiger partial charge in [0.05, 0.1) is 23.4 Å². The largest absolute Gasteiger partial charge is 0.465 e. The Morgan fingerprint density at radius 3 is 2.48 bits per heavy atom. The third-order valence-corrected chi connectivity index (χ3v) is 6.33. The smallest absolute Gasteiger partial charge is 0.338 e. The predicted molar refractivity (Wildman–Crippen MR) is 99.2 cm³/mol. The number of carbonyl (C=O) groups excluding carboxylic acids is 1. The summed E-state index contributed by atoms with van der Waals surface area (Å²) in [4.78, 5) is 11.8. The second-order valence-corrected chi connectivity index (χ2v) is 7.86. The zero-order chi connectivity index (χ0) is 18.8. The molecule has 0 atom stereocenters. The maximum atomic E-state index is 13.1. The summed E-state index contributed by atoms with van der Waals surface area (Å²) in [5, 5.41) is 0.337. The lowest BCUT2D eigenvalue weighted by Gasteiger charge is -2.26. The van der Waals surface area contributed by atoms with Crippen molar-refractivity contribution >= 4 is 44.9 Å². The number of anilines is 1. The van der Waals surface area contributed by atoms with E-state index in [-0.39, 0.29) is 21.5 Å². The van der Waals surface area contributed by atoms with Crippen LogP contribution in [-0.4, -0.2) is 28.0 Å². The molecule has 0 spiro atoms. The van der Waals surface area contributed by atoms with Crippen LogP contribution in [0.3, 0.4) is 0 Å². The van der Waals surface area contributed by atoms with Crippen LogP contribution in [0.2, 0.25) is 10.0 Å². The van der Waals surface area contributed by atoms with Crippen molar-refractivity contribution in [3.05, 3.63) is 57.6 Å². The Morgan fingerprint density at radius 2 is 1.88 bits per heavy atom. The van der Waals surface area contributed by atoms with E-state index in [1.165, 1.54) is 29.6 Å². The normalized spacial score (nSPS) is 11.2. The van der Waals surface area contributed by atoms with E-state index in [0.717, 1.165) is 0 Å². The van der Waals surface area contributed by atoms with Gasteiger partial charge in [-0.2, -0.15) is 0 Å². The highest BCUT2D eigenvalue weighted by Gasteiger charge is 2.28. The molecule has 0 bridgehead atoms. The summed E-state index contributed by atoms with van der Waals surface area (Å²) < 4.78 is 32.1. The van der Waals surface area contributed by atoms with E-state index in [1.54, 1.807) is 32.0 Å². The fourth-order valence-electron chi connectivity index (χ4n) is 2.49. The van der Waals surface area contributed by atoms with Crippen LogP contribution in [0.25, 0.3) is 0 Å². The van der Waals surface area contributed by atoms with Gasteiger partial charge in [0.2, 0.25) is 0 Å². The van der Waals surface area contributed by atoms with Crippen molar-refractivity contribution in [3.63, 3.8) is 0 Å². The summed E-state index contributed by atoms with van der Waals surface area (Å²) >= 11 is 12.0. The number of hydrogen-bond donors (Lipinski definition) is 0. The lowest BCUT2D eigenvalue weighted by atomic mass is 10.1. The fraction of sp³-hybridized carbons (Fsp3) is 0.235. The highest BCUT2D eigenvalue weighted by Crippen LogP contribution is 2.33. The van der Waals surface area contributed by atoms with Gasteiger partial charge in [0.25, 0.3) is 10.0 Å². The molecule has 0 heterocycles. The van der Waals surface area contributed by atoms with Crippen LogP contribution in [0.15, 0.2) is 41.3 Å². The number of nitrogens with zero attached hydrogens (tertiary/aromatic N) is 1. The summed E-state index contributed by atoms with van der Waals surface area (Å²) in [5.41, 5.74) is 1.17. The van der Waals surface area contributed by atoms with E-state index in [2.05, 4.69) is 0 Å². The zero-order valence-electron chi connectivity index (χ0n) is 13.9. The Bertz CT molecular complexity index is 913. The molecule has 2 aromatic rings. The minimum Gasteiger partial charge on any atom is -0.465 e. The molecule has 0 aliphatic heterocycles. The molecule has 0 aliphatic rings. The molecule has 0 saturated carbocycles. The fourth-order valence-corrected chi connectivity index (χ4v) is 4.76. The standard InChI is InChI=1S/C17H17Cl2NO4S/c1-4-20(15-7-5-6-13(11(15)2)17(21)24-3)25(22,23)16-10-12(18)8-9-14(16)19/h5-10H,4H2,1-3H3. The molecule has 25 heavy (non-hydrogen) atoms. The van der Waals surface area contributed by atoms with E-state index in [4.69, 9.17) is 27.9 Å². The van der Waals surface area contributed by atoms with Gasteiger partial charge >= 0.3 is 5.97 Å². The predicted octanol–water partition coefficient (Wildman–Crippen LogP) is 4.30. The Kier molecular flexibility index (Phi) is 5.98. The second-order valence-electron chi connectivity index (χ2n) is 5.19. The molecule has 0 fully saturated rings. The Balaban J connectivity index is 2.64. The number of carbonyl (C=O) groups is 1. The minimum absolute atomic E-state index is 0.0737. The molecular weight excluding hydrogens is 385 g/mol. The van der Waals surface area contributed by atoms with Crippen LogP contribution in [0.5, 0.6) is 0 Å². The van der Waals surface area contributed by atoms with Crippen molar-refractivity contribution < 1.29 is 17.9 Å². The van der Waals surface area contributed by atoms with Gasteiger partial charge in [-0.05, 0) is 49.7 Å². The quantitative estimate of drug-likeness (QED) is 0.700. The van der Waals surface area contributed by atoms with Crippen LogP contribution in [0, 0.1) is 6.92 Å². The number of sulfonamides is 1. The van der Waals surface area contributed by atoms with Crippen LogP contribution < -0.4 is 4.31 Å². The summed E-state index contributed by atoms with van der Waals surface area (Å²) in [7, 11) is -2.69. The van der Waals surface area contributed by atoms with Crippen molar-refractivity contribution in [2.75, 3.05) is 18.0 Å². The van der Waals surface area contributed by atoms with E-state index < -0.39 is 16.0 Å². The number of ether oxygens (including phenoxy) is 1. The van der Waals surface area contributed by atoms with Gasteiger partial charge in [0.1, 0.15) is 4.90 Å². The van der Waals surface area contributed by atoms with Gasteiger partial charge in [-0.15, -0.1) is 0 Å². The van der Waals surface area contributed by atoms with Crippen molar-refractivity contribution in [1.82, 2.24) is 0 Å². The van der Waals surface area contributed by atoms with Crippen LogP contribution >= 0.6 is 23.2 Å². The molecule has 0 radical (unpaired) electrons. The number of rotatable bonds is 5. The zero-order valence-corrected chi connectivity index (χ0v) is 16.2. The number of halogens is 2. The molecule has 134 valence electrons. The summed E-state index contributed by atoms with van der Waals surface area (Å²) in [6.07, 6.45) is 0. The third kappa shape index (κ3) is 3.76. The first-order chi connectivity index (χ1) is 11.7. The lowest BCUT2D eigenvalue weighted by molar-refractivity contribution is 0.0600. The van der Waals surface area contributed by atoms with Gasteiger partial charge in [-0.25, -0.2) is 13.2 Å². The first-order valence-corrected chi connectivity index (χ1v) is 9.59. The second kappa shape index (κ2) is 7.64. The Hall–Kier alpha value is -1.76. The van der Waals surface area contributed by atoms with Gasteiger partial charge in [0.15, 0.2) is 0 Å². The average Bonchev–Trinajstić information content (AvgIpc) is 2.58. The average molecular weight is 402 g/mol. The molecule has 0 saturated heterocycles. The lowest BCUT2D eigenvalue weighted by Crippen LogP contribution is -2.32. The highest BCUT2D eigenvalue weighted by molar-refractivity contribution is 7.93. The maximum Gasteiger partial charge on any atom is 0.338 e. The minimum atomic E-state index is -3.96. The van der Waals surface area contributed by atoms with E-state index in [0.29, 0.717) is 16.8 Å². The van der Waals surface area contributed by atoms with Crippen molar-refractivity contribution in [2.24, 2.45) is 0 Å². The monoisotopic (exact) mass is 401 g/mol. The molecule has 8 heteroatoms.